The molecule has 0 unspecified atom stereocenters. The van der Waals surface area contributed by atoms with Crippen LogP contribution in [0, 0.1) is 0 Å². The Labute approximate surface area is 111 Å². The highest BCUT2D eigenvalue weighted by molar-refractivity contribution is 8.00. The Balaban J connectivity index is 1.96. The first kappa shape index (κ1) is 11.9. The molecule has 0 bridgehead atoms. The van der Waals surface area contributed by atoms with E-state index in [2.05, 4.69) is 11.4 Å². The lowest BCUT2D eigenvalue weighted by Gasteiger charge is -2.31. The monoisotopic (exact) mass is 263 g/mol. The van der Waals surface area contributed by atoms with Gasteiger partial charge in [-0.15, -0.1) is 11.8 Å². The van der Waals surface area contributed by atoms with Crippen LogP contribution < -0.4 is 16.0 Å². The Morgan fingerprint density at radius 3 is 2.94 bits per heavy atom. The average molecular weight is 263 g/mol. The Hall–Kier alpha value is -1.20. The molecule has 1 aliphatic heterocycles. The minimum absolute atomic E-state index is 0.148. The zero-order valence-electron chi connectivity index (χ0n) is 10.4. The van der Waals surface area contributed by atoms with Crippen molar-refractivity contribution in [3.8, 4) is 0 Å². The van der Waals surface area contributed by atoms with Crippen LogP contribution in [-0.2, 0) is 4.79 Å². The number of nitrogens with one attached hydrogen (secondary N) is 1. The summed E-state index contributed by atoms with van der Waals surface area (Å²) in [4.78, 5) is 15.1. The number of nitrogens with zero attached hydrogens (tertiary/aromatic N) is 1. The smallest absolute Gasteiger partial charge is 0.237 e. The fourth-order valence-electron chi connectivity index (χ4n) is 2.16. The molecule has 5 heteroatoms. The first-order valence-electron chi connectivity index (χ1n) is 6.15. The molecular weight excluding hydrogens is 246 g/mol. The number of hydrogen-bond donors (Lipinski definition) is 2. The second-order valence-electron chi connectivity index (χ2n) is 5.06. The highest BCUT2D eigenvalue weighted by Gasteiger charge is 2.42. The molecule has 2 aliphatic rings. The van der Waals surface area contributed by atoms with Crippen molar-refractivity contribution in [2.45, 2.75) is 23.3 Å². The molecule has 4 nitrogen and oxygen atoms in total. The van der Waals surface area contributed by atoms with Crippen molar-refractivity contribution in [3.05, 3.63) is 18.2 Å². The second kappa shape index (κ2) is 4.17. The number of fused-ring (bicyclic) bond motifs is 1. The molecule has 0 radical (unpaired) electrons. The van der Waals surface area contributed by atoms with Gasteiger partial charge in [-0.2, -0.15) is 0 Å². The molecule has 0 spiro atoms. The van der Waals surface area contributed by atoms with Gasteiger partial charge in [0.15, 0.2) is 0 Å². The maximum atomic E-state index is 12.1. The SMILES string of the molecule is CNc1ccc2c(c1)N(CC1(N)CC1)C(=O)CS2. The molecule has 0 saturated heterocycles. The predicted octanol–water partition coefficient (Wildman–Crippen LogP) is 1.66. The Kier molecular flexibility index (Phi) is 2.75. The standard InChI is InChI=1S/C13H17N3OS/c1-15-9-2-3-11-10(6-9)16(12(17)7-18-11)8-13(14)4-5-13/h2-3,6,15H,4-5,7-8,14H2,1H3. The van der Waals surface area contributed by atoms with Crippen molar-refractivity contribution >= 4 is 29.0 Å². The van der Waals surface area contributed by atoms with Gasteiger partial charge >= 0.3 is 0 Å². The molecule has 3 rings (SSSR count). The number of hydrogen-bond acceptors (Lipinski definition) is 4. The van der Waals surface area contributed by atoms with Gasteiger partial charge in [0.2, 0.25) is 5.91 Å². The van der Waals surface area contributed by atoms with Crippen molar-refractivity contribution < 1.29 is 4.79 Å². The van der Waals surface area contributed by atoms with E-state index in [-0.39, 0.29) is 11.4 Å². The topological polar surface area (TPSA) is 58.4 Å². The summed E-state index contributed by atoms with van der Waals surface area (Å²) in [6, 6.07) is 6.14. The zero-order chi connectivity index (χ0) is 12.8. The summed E-state index contributed by atoms with van der Waals surface area (Å²) in [7, 11) is 1.88. The third-order valence-corrected chi connectivity index (χ3v) is 4.60. The molecule has 1 saturated carbocycles. The Morgan fingerprint density at radius 1 is 1.50 bits per heavy atom. The molecule has 0 aromatic heterocycles. The second-order valence-corrected chi connectivity index (χ2v) is 6.08. The first-order valence-corrected chi connectivity index (χ1v) is 7.14. The van der Waals surface area contributed by atoms with Crippen molar-refractivity contribution in [1.82, 2.24) is 0 Å². The van der Waals surface area contributed by atoms with Gasteiger partial charge in [0.05, 0.1) is 11.4 Å². The van der Waals surface area contributed by atoms with Crippen LogP contribution in [0.5, 0.6) is 0 Å². The van der Waals surface area contributed by atoms with Crippen LogP contribution in [0.4, 0.5) is 11.4 Å². The van der Waals surface area contributed by atoms with Gasteiger partial charge < -0.3 is 16.0 Å². The molecule has 1 heterocycles. The van der Waals surface area contributed by atoms with Crippen molar-refractivity contribution in [1.29, 1.82) is 0 Å². The molecule has 1 fully saturated rings. The molecule has 1 aromatic rings. The maximum Gasteiger partial charge on any atom is 0.237 e. The van der Waals surface area contributed by atoms with Crippen molar-refractivity contribution in [2.24, 2.45) is 5.73 Å². The zero-order valence-corrected chi connectivity index (χ0v) is 11.2. The van der Waals surface area contributed by atoms with E-state index in [1.54, 1.807) is 11.8 Å². The van der Waals surface area contributed by atoms with E-state index in [1.807, 2.05) is 24.1 Å². The van der Waals surface area contributed by atoms with E-state index in [4.69, 9.17) is 5.73 Å². The molecule has 0 atom stereocenters. The Bertz CT molecular complexity index is 499. The van der Waals surface area contributed by atoms with Crippen LogP contribution in [-0.4, -0.2) is 30.8 Å². The fraction of sp³-hybridized carbons (Fsp3) is 0.462. The van der Waals surface area contributed by atoms with E-state index >= 15 is 0 Å². The van der Waals surface area contributed by atoms with E-state index in [1.165, 1.54) is 0 Å². The minimum atomic E-state index is -0.148. The van der Waals surface area contributed by atoms with Crippen LogP contribution in [0.3, 0.4) is 0 Å². The van der Waals surface area contributed by atoms with E-state index in [0.29, 0.717) is 12.3 Å². The lowest BCUT2D eigenvalue weighted by atomic mass is 10.2. The third-order valence-electron chi connectivity index (χ3n) is 3.56. The van der Waals surface area contributed by atoms with Gasteiger partial charge in [0, 0.05) is 29.7 Å². The van der Waals surface area contributed by atoms with Crippen LogP contribution in [0.1, 0.15) is 12.8 Å². The number of carbonyl (C=O) groups excluding carboxylic acids is 1. The summed E-state index contributed by atoms with van der Waals surface area (Å²) in [6.45, 7) is 0.645. The van der Waals surface area contributed by atoms with Crippen molar-refractivity contribution in [2.75, 3.05) is 29.6 Å². The third kappa shape index (κ3) is 2.08. The van der Waals surface area contributed by atoms with Gasteiger partial charge in [-0.3, -0.25) is 4.79 Å². The fourth-order valence-corrected chi connectivity index (χ4v) is 3.08. The molecule has 3 N–H and O–H groups in total. The number of benzene rings is 1. The van der Waals surface area contributed by atoms with E-state index < -0.39 is 0 Å². The molecular formula is C13H17N3OS. The highest BCUT2D eigenvalue weighted by Crippen LogP contribution is 2.41. The quantitative estimate of drug-likeness (QED) is 0.871. The lowest BCUT2D eigenvalue weighted by Crippen LogP contribution is -2.45. The molecule has 18 heavy (non-hydrogen) atoms. The van der Waals surface area contributed by atoms with Gasteiger partial charge in [-0.25, -0.2) is 0 Å². The van der Waals surface area contributed by atoms with Gasteiger partial charge in [-0.1, -0.05) is 0 Å². The summed E-state index contributed by atoms with van der Waals surface area (Å²) in [5, 5.41) is 3.11. The summed E-state index contributed by atoms with van der Waals surface area (Å²) in [5.74, 6) is 0.680. The summed E-state index contributed by atoms with van der Waals surface area (Å²) < 4.78 is 0. The van der Waals surface area contributed by atoms with Gasteiger partial charge in [0.1, 0.15) is 0 Å². The molecule has 1 amide bonds. The predicted molar refractivity (Wildman–Crippen MR) is 75.2 cm³/mol. The summed E-state index contributed by atoms with van der Waals surface area (Å²) in [6.07, 6.45) is 2.04. The number of rotatable bonds is 3. The van der Waals surface area contributed by atoms with Gasteiger partial charge in [-0.05, 0) is 31.0 Å². The number of nitrogens with two attached hydrogens (primary N) is 1. The van der Waals surface area contributed by atoms with E-state index in [9.17, 15) is 4.79 Å². The minimum Gasteiger partial charge on any atom is -0.388 e. The molecule has 96 valence electrons. The first-order chi connectivity index (χ1) is 8.61. The van der Waals surface area contributed by atoms with Crippen LogP contribution in [0.2, 0.25) is 0 Å². The van der Waals surface area contributed by atoms with Crippen LogP contribution >= 0.6 is 11.8 Å². The number of amides is 1. The molecule has 1 aliphatic carbocycles. The Morgan fingerprint density at radius 2 is 2.28 bits per heavy atom. The number of anilines is 2. The largest absolute Gasteiger partial charge is 0.388 e. The van der Waals surface area contributed by atoms with Crippen LogP contribution in [0.25, 0.3) is 0 Å². The van der Waals surface area contributed by atoms with Crippen LogP contribution in [0.15, 0.2) is 23.1 Å². The van der Waals surface area contributed by atoms with Crippen molar-refractivity contribution in [3.63, 3.8) is 0 Å². The van der Waals surface area contributed by atoms with E-state index in [0.717, 1.165) is 29.1 Å². The average Bonchev–Trinajstić information content (AvgIpc) is 3.10. The molecule has 1 aromatic carbocycles. The highest BCUT2D eigenvalue weighted by atomic mass is 32.2. The number of thioether (sulfide) groups is 1. The van der Waals surface area contributed by atoms with Gasteiger partial charge in [0.25, 0.3) is 0 Å². The lowest BCUT2D eigenvalue weighted by molar-refractivity contribution is -0.116. The maximum absolute atomic E-state index is 12.1. The number of carbonyl (C=O) groups is 1. The normalized spacial score (nSPS) is 20.6. The summed E-state index contributed by atoms with van der Waals surface area (Å²) in [5.41, 5.74) is 8.03. The summed E-state index contributed by atoms with van der Waals surface area (Å²) >= 11 is 1.61.